The minimum absolute atomic E-state index is 0.0750. The van der Waals surface area contributed by atoms with E-state index in [1.165, 1.54) is 24.3 Å². The topological polar surface area (TPSA) is 98.5 Å². The number of hydrogen-bond acceptors (Lipinski definition) is 5. The summed E-state index contributed by atoms with van der Waals surface area (Å²) in [6, 6.07) is 5.58. The molecule has 0 aromatic heterocycles. The van der Waals surface area contributed by atoms with Gasteiger partial charge in [-0.05, 0) is 24.3 Å². The monoisotopic (exact) mass is 334 g/mol. The van der Waals surface area contributed by atoms with Gasteiger partial charge in [0.2, 0.25) is 0 Å². The predicted molar refractivity (Wildman–Crippen MR) is 87.5 cm³/mol. The highest BCUT2D eigenvalue weighted by molar-refractivity contribution is 5.95. The van der Waals surface area contributed by atoms with Crippen LogP contribution in [0.15, 0.2) is 24.3 Å². The van der Waals surface area contributed by atoms with Gasteiger partial charge in [-0.25, -0.2) is 4.79 Å². The van der Waals surface area contributed by atoms with Crippen LogP contribution in [0.1, 0.15) is 43.5 Å². The number of ether oxygens (including phenoxy) is 1. The molecule has 1 aliphatic rings. The number of nitro groups is 1. The van der Waals surface area contributed by atoms with Gasteiger partial charge in [-0.1, -0.05) is 38.8 Å². The summed E-state index contributed by atoms with van der Waals surface area (Å²) in [5.74, 6) is -0.345. The minimum Gasteiger partial charge on any atom is -0.452 e. The summed E-state index contributed by atoms with van der Waals surface area (Å²) in [7, 11) is 0. The molecule has 1 amide bonds. The number of para-hydroxylation sites is 1. The Labute approximate surface area is 140 Å². The summed E-state index contributed by atoms with van der Waals surface area (Å²) in [5.41, 5.74) is -0.493. The number of rotatable bonds is 5. The third kappa shape index (κ3) is 4.31. The van der Waals surface area contributed by atoms with Crippen molar-refractivity contribution in [2.75, 3.05) is 6.61 Å². The molecule has 130 valence electrons. The molecule has 0 heterocycles. The molecular weight excluding hydrogens is 312 g/mol. The SMILES string of the molecule is C[C@@H]1[C@H](C)CCC[C@H]1NC(=O)COC(=O)c1ccccc1[N+](=O)[O-]. The van der Waals surface area contributed by atoms with E-state index < -0.39 is 17.5 Å². The van der Waals surface area contributed by atoms with E-state index in [0.717, 1.165) is 19.3 Å². The Bertz CT molecular complexity index is 631. The number of amides is 1. The lowest BCUT2D eigenvalue weighted by Gasteiger charge is -2.34. The number of carbonyl (C=O) groups excluding carboxylic acids is 2. The molecule has 0 saturated heterocycles. The fourth-order valence-electron chi connectivity index (χ4n) is 3.05. The second-order valence-electron chi connectivity index (χ2n) is 6.29. The highest BCUT2D eigenvalue weighted by atomic mass is 16.6. The van der Waals surface area contributed by atoms with Crippen LogP contribution in [0.3, 0.4) is 0 Å². The van der Waals surface area contributed by atoms with Crippen LogP contribution in [-0.4, -0.2) is 29.4 Å². The molecule has 0 spiro atoms. The van der Waals surface area contributed by atoms with E-state index >= 15 is 0 Å². The molecule has 1 aromatic rings. The Morgan fingerprint density at radius 2 is 2.00 bits per heavy atom. The third-order valence-electron chi connectivity index (χ3n) is 4.71. The minimum atomic E-state index is -0.873. The van der Waals surface area contributed by atoms with Crippen LogP contribution in [0, 0.1) is 22.0 Å². The summed E-state index contributed by atoms with van der Waals surface area (Å²) in [4.78, 5) is 34.2. The average molecular weight is 334 g/mol. The highest BCUT2D eigenvalue weighted by Crippen LogP contribution is 2.29. The molecule has 0 radical (unpaired) electrons. The van der Waals surface area contributed by atoms with E-state index in [4.69, 9.17) is 4.74 Å². The van der Waals surface area contributed by atoms with Crippen molar-refractivity contribution in [3.63, 3.8) is 0 Å². The van der Waals surface area contributed by atoms with Gasteiger partial charge in [-0.15, -0.1) is 0 Å². The van der Waals surface area contributed by atoms with E-state index in [-0.39, 0.29) is 23.2 Å². The molecule has 24 heavy (non-hydrogen) atoms. The van der Waals surface area contributed by atoms with Gasteiger partial charge in [0.15, 0.2) is 6.61 Å². The summed E-state index contributed by atoms with van der Waals surface area (Å²) < 4.78 is 4.93. The first-order chi connectivity index (χ1) is 11.4. The van der Waals surface area contributed by atoms with E-state index in [1.807, 2.05) is 0 Å². The van der Waals surface area contributed by atoms with Crippen LogP contribution >= 0.6 is 0 Å². The van der Waals surface area contributed by atoms with E-state index in [9.17, 15) is 19.7 Å². The summed E-state index contributed by atoms with van der Waals surface area (Å²) in [6.07, 6.45) is 3.13. The number of carbonyl (C=O) groups is 2. The maximum Gasteiger partial charge on any atom is 0.345 e. The molecule has 0 unspecified atom stereocenters. The largest absolute Gasteiger partial charge is 0.452 e. The van der Waals surface area contributed by atoms with Crippen LogP contribution in [-0.2, 0) is 9.53 Å². The number of nitrogens with zero attached hydrogens (tertiary/aromatic N) is 1. The standard InChI is InChI=1S/C17H22N2O5/c1-11-6-5-8-14(12(11)2)18-16(20)10-24-17(21)13-7-3-4-9-15(13)19(22)23/h3-4,7,9,11-12,14H,5-6,8,10H2,1-2H3,(H,18,20)/t11-,12-,14-/m1/s1. The molecule has 1 saturated carbocycles. The second-order valence-corrected chi connectivity index (χ2v) is 6.29. The van der Waals surface area contributed by atoms with Crippen LogP contribution < -0.4 is 5.32 Å². The molecule has 7 nitrogen and oxygen atoms in total. The Morgan fingerprint density at radius 3 is 2.71 bits per heavy atom. The second kappa shape index (κ2) is 7.90. The van der Waals surface area contributed by atoms with Gasteiger partial charge in [0.1, 0.15) is 5.56 Å². The van der Waals surface area contributed by atoms with Crippen molar-refractivity contribution in [1.29, 1.82) is 0 Å². The Hall–Kier alpha value is -2.44. The predicted octanol–water partition coefficient (Wildman–Crippen LogP) is 2.69. The molecular formula is C17H22N2O5. The summed E-state index contributed by atoms with van der Waals surface area (Å²) >= 11 is 0. The van der Waals surface area contributed by atoms with Gasteiger partial charge in [0.25, 0.3) is 11.6 Å². The number of benzene rings is 1. The smallest absolute Gasteiger partial charge is 0.345 e. The van der Waals surface area contributed by atoms with Crippen molar-refractivity contribution >= 4 is 17.6 Å². The Morgan fingerprint density at radius 1 is 1.29 bits per heavy atom. The van der Waals surface area contributed by atoms with Crippen LogP contribution in [0.5, 0.6) is 0 Å². The molecule has 0 aliphatic heterocycles. The maximum absolute atomic E-state index is 12.0. The third-order valence-corrected chi connectivity index (χ3v) is 4.71. The van der Waals surface area contributed by atoms with Gasteiger partial charge in [-0.2, -0.15) is 0 Å². The molecule has 1 aliphatic carbocycles. The fourth-order valence-corrected chi connectivity index (χ4v) is 3.05. The maximum atomic E-state index is 12.0. The molecule has 7 heteroatoms. The van der Waals surface area contributed by atoms with Crippen molar-refractivity contribution in [3.05, 3.63) is 39.9 Å². The first kappa shape index (κ1) is 17.9. The lowest BCUT2D eigenvalue weighted by molar-refractivity contribution is -0.385. The molecule has 2 rings (SSSR count). The number of hydrogen-bond donors (Lipinski definition) is 1. The first-order valence-corrected chi connectivity index (χ1v) is 8.10. The van der Waals surface area contributed by atoms with Crippen molar-refractivity contribution in [1.82, 2.24) is 5.32 Å². The van der Waals surface area contributed by atoms with Crippen molar-refractivity contribution in [2.24, 2.45) is 11.8 Å². The molecule has 1 fully saturated rings. The molecule has 1 N–H and O–H groups in total. The average Bonchev–Trinajstić information content (AvgIpc) is 2.56. The number of nitrogens with one attached hydrogen (secondary N) is 1. The zero-order valence-electron chi connectivity index (χ0n) is 13.9. The first-order valence-electron chi connectivity index (χ1n) is 8.10. The van der Waals surface area contributed by atoms with E-state index in [1.54, 1.807) is 0 Å². The fraction of sp³-hybridized carbons (Fsp3) is 0.529. The Balaban J connectivity index is 1.90. The molecule has 3 atom stereocenters. The van der Waals surface area contributed by atoms with Gasteiger partial charge >= 0.3 is 5.97 Å². The zero-order chi connectivity index (χ0) is 17.7. The molecule has 1 aromatic carbocycles. The summed E-state index contributed by atoms with van der Waals surface area (Å²) in [5, 5.41) is 13.8. The normalized spacial score (nSPS) is 23.3. The summed E-state index contributed by atoms with van der Waals surface area (Å²) in [6.45, 7) is 3.83. The van der Waals surface area contributed by atoms with Gasteiger partial charge in [0.05, 0.1) is 4.92 Å². The van der Waals surface area contributed by atoms with E-state index in [0.29, 0.717) is 11.8 Å². The van der Waals surface area contributed by atoms with Gasteiger partial charge < -0.3 is 10.1 Å². The van der Waals surface area contributed by atoms with Gasteiger partial charge in [-0.3, -0.25) is 14.9 Å². The van der Waals surface area contributed by atoms with Crippen LogP contribution in [0.4, 0.5) is 5.69 Å². The van der Waals surface area contributed by atoms with Crippen LogP contribution in [0.25, 0.3) is 0 Å². The number of esters is 1. The van der Waals surface area contributed by atoms with E-state index in [2.05, 4.69) is 19.2 Å². The molecule has 0 bridgehead atoms. The van der Waals surface area contributed by atoms with Crippen molar-refractivity contribution in [3.8, 4) is 0 Å². The van der Waals surface area contributed by atoms with Gasteiger partial charge in [0, 0.05) is 12.1 Å². The van der Waals surface area contributed by atoms with Crippen molar-refractivity contribution < 1.29 is 19.2 Å². The quantitative estimate of drug-likeness (QED) is 0.507. The number of nitro benzene ring substituents is 1. The lowest BCUT2D eigenvalue weighted by Crippen LogP contribution is -2.45. The van der Waals surface area contributed by atoms with Crippen LogP contribution in [0.2, 0.25) is 0 Å². The zero-order valence-corrected chi connectivity index (χ0v) is 13.9. The lowest BCUT2D eigenvalue weighted by atomic mass is 9.78. The Kier molecular flexibility index (Phi) is 5.89. The highest BCUT2D eigenvalue weighted by Gasteiger charge is 2.28. The van der Waals surface area contributed by atoms with Crippen molar-refractivity contribution in [2.45, 2.75) is 39.2 Å².